The fourth-order valence-corrected chi connectivity index (χ4v) is 1.95. The first-order valence-corrected chi connectivity index (χ1v) is 6.25. The van der Waals surface area contributed by atoms with E-state index in [9.17, 15) is 5.11 Å². The van der Waals surface area contributed by atoms with Gasteiger partial charge in [-0.25, -0.2) is 4.98 Å². The SMILES string of the molecule is NCc1nccnc1N(CCO)Cc1ccccc1. The van der Waals surface area contributed by atoms with Gasteiger partial charge in [0.15, 0.2) is 5.82 Å². The van der Waals surface area contributed by atoms with Crippen LogP contribution in [-0.4, -0.2) is 28.2 Å². The molecule has 19 heavy (non-hydrogen) atoms. The summed E-state index contributed by atoms with van der Waals surface area (Å²) in [4.78, 5) is 10.6. The molecule has 1 aromatic heterocycles. The van der Waals surface area contributed by atoms with E-state index < -0.39 is 0 Å². The van der Waals surface area contributed by atoms with E-state index in [1.165, 1.54) is 0 Å². The van der Waals surface area contributed by atoms with E-state index in [4.69, 9.17) is 5.73 Å². The van der Waals surface area contributed by atoms with E-state index in [0.29, 0.717) is 19.6 Å². The number of aliphatic hydroxyl groups excluding tert-OH is 1. The van der Waals surface area contributed by atoms with E-state index in [1.807, 2.05) is 35.2 Å². The molecule has 0 aliphatic rings. The molecule has 3 N–H and O–H groups in total. The van der Waals surface area contributed by atoms with Crippen LogP contribution in [0.4, 0.5) is 5.82 Å². The highest BCUT2D eigenvalue weighted by molar-refractivity contribution is 5.43. The lowest BCUT2D eigenvalue weighted by atomic mass is 10.2. The van der Waals surface area contributed by atoms with Crippen molar-refractivity contribution in [1.82, 2.24) is 9.97 Å². The number of aromatic nitrogens is 2. The highest BCUT2D eigenvalue weighted by atomic mass is 16.3. The summed E-state index contributed by atoms with van der Waals surface area (Å²) >= 11 is 0. The minimum absolute atomic E-state index is 0.0629. The second-order valence-electron chi connectivity index (χ2n) is 4.16. The molecule has 5 nitrogen and oxygen atoms in total. The molecule has 0 atom stereocenters. The molecule has 0 amide bonds. The maximum atomic E-state index is 9.22. The molecule has 0 fully saturated rings. The molecule has 0 unspecified atom stereocenters. The van der Waals surface area contributed by atoms with E-state index in [1.54, 1.807) is 12.4 Å². The van der Waals surface area contributed by atoms with Gasteiger partial charge in [0.25, 0.3) is 0 Å². The number of nitrogens with two attached hydrogens (primary N) is 1. The van der Waals surface area contributed by atoms with Gasteiger partial charge >= 0.3 is 0 Å². The summed E-state index contributed by atoms with van der Waals surface area (Å²) in [5.74, 6) is 0.739. The Balaban J connectivity index is 2.24. The molecule has 2 rings (SSSR count). The molecule has 0 spiro atoms. The van der Waals surface area contributed by atoms with Crippen molar-refractivity contribution in [2.45, 2.75) is 13.1 Å². The van der Waals surface area contributed by atoms with Gasteiger partial charge in [-0.1, -0.05) is 30.3 Å². The molecular weight excluding hydrogens is 240 g/mol. The molecule has 0 aliphatic heterocycles. The van der Waals surface area contributed by atoms with Gasteiger partial charge in [-0.3, -0.25) is 4.98 Å². The van der Waals surface area contributed by atoms with Crippen molar-refractivity contribution in [2.75, 3.05) is 18.1 Å². The largest absolute Gasteiger partial charge is 0.395 e. The fraction of sp³-hybridized carbons (Fsp3) is 0.286. The Morgan fingerprint density at radius 2 is 1.84 bits per heavy atom. The zero-order valence-corrected chi connectivity index (χ0v) is 10.7. The number of rotatable bonds is 6. The Kier molecular flexibility index (Phi) is 4.83. The van der Waals surface area contributed by atoms with Crippen LogP contribution in [0.2, 0.25) is 0 Å². The first-order chi connectivity index (χ1) is 9.35. The minimum atomic E-state index is 0.0629. The molecule has 2 aromatic rings. The topological polar surface area (TPSA) is 75.3 Å². The van der Waals surface area contributed by atoms with Crippen LogP contribution in [0.15, 0.2) is 42.7 Å². The first-order valence-electron chi connectivity index (χ1n) is 6.25. The summed E-state index contributed by atoms with van der Waals surface area (Å²) in [5, 5.41) is 9.22. The quantitative estimate of drug-likeness (QED) is 0.806. The Bertz CT molecular complexity index is 504. The van der Waals surface area contributed by atoms with Crippen LogP contribution in [0.5, 0.6) is 0 Å². The second-order valence-corrected chi connectivity index (χ2v) is 4.16. The number of hydrogen-bond donors (Lipinski definition) is 2. The average Bonchev–Trinajstić information content (AvgIpc) is 2.48. The Morgan fingerprint density at radius 3 is 2.53 bits per heavy atom. The Morgan fingerprint density at radius 1 is 1.11 bits per heavy atom. The zero-order valence-electron chi connectivity index (χ0n) is 10.7. The third-order valence-electron chi connectivity index (χ3n) is 2.83. The van der Waals surface area contributed by atoms with Gasteiger partial charge in [0.05, 0.1) is 12.3 Å². The summed E-state index contributed by atoms with van der Waals surface area (Å²) in [7, 11) is 0. The smallest absolute Gasteiger partial charge is 0.152 e. The second kappa shape index (κ2) is 6.82. The summed E-state index contributed by atoms with van der Waals surface area (Å²) in [6, 6.07) is 10.1. The molecule has 0 aliphatic carbocycles. The lowest BCUT2D eigenvalue weighted by Gasteiger charge is -2.24. The van der Waals surface area contributed by atoms with Gasteiger partial charge in [-0.15, -0.1) is 0 Å². The molecule has 0 saturated heterocycles. The molecule has 1 aromatic carbocycles. The summed E-state index contributed by atoms with van der Waals surface area (Å²) in [6.45, 7) is 1.57. The van der Waals surface area contributed by atoms with Gasteiger partial charge in [-0.2, -0.15) is 0 Å². The van der Waals surface area contributed by atoms with Crippen LogP contribution in [0.25, 0.3) is 0 Å². The van der Waals surface area contributed by atoms with E-state index in [-0.39, 0.29) is 6.61 Å². The minimum Gasteiger partial charge on any atom is -0.395 e. The molecular formula is C14H18N4O. The molecule has 100 valence electrons. The predicted octanol–water partition coefficient (Wildman–Crippen LogP) is 0.934. The third-order valence-corrected chi connectivity index (χ3v) is 2.83. The number of nitrogens with zero attached hydrogens (tertiary/aromatic N) is 3. The maximum absolute atomic E-state index is 9.22. The summed E-state index contributed by atoms with van der Waals surface area (Å²) in [6.07, 6.45) is 3.27. The fourth-order valence-electron chi connectivity index (χ4n) is 1.95. The van der Waals surface area contributed by atoms with Crippen molar-refractivity contribution >= 4 is 5.82 Å². The van der Waals surface area contributed by atoms with Gasteiger partial charge in [-0.05, 0) is 5.56 Å². The zero-order chi connectivity index (χ0) is 13.5. The van der Waals surface area contributed by atoms with Crippen molar-refractivity contribution in [3.05, 3.63) is 54.0 Å². The maximum Gasteiger partial charge on any atom is 0.152 e. The highest BCUT2D eigenvalue weighted by Crippen LogP contribution is 2.17. The van der Waals surface area contributed by atoms with Crippen LogP contribution < -0.4 is 10.6 Å². The summed E-state index contributed by atoms with van der Waals surface area (Å²) in [5.41, 5.74) is 7.59. The Hall–Kier alpha value is -1.98. The molecule has 0 saturated carbocycles. The van der Waals surface area contributed by atoms with E-state index in [2.05, 4.69) is 9.97 Å². The lowest BCUT2D eigenvalue weighted by molar-refractivity contribution is 0.301. The number of anilines is 1. The molecule has 5 heteroatoms. The number of hydrogen-bond acceptors (Lipinski definition) is 5. The number of aliphatic hydroxyl groups is 1. The summed E-state index contributed by atoms with van der Waals surface area (Å²) < 4.78 is 0. The van der Waals surface area contributed by atoms with Crippen molar-refractivity contribution in [3.8, 4) is 0 Å². The van der Waals surface area contributed by atoms with Gasteiger partial charge < -0.3 is 15.7 Å². The monoisotopic (exact) mass is 258 g/mol. The van der Waals surface area contributed by atoms with Crippen molar-refractivity contribution in [1.29, 1.82) is 0 Å². The molecule has 1 heterocycles. The molecule has 0 bridgehead atoms. The van der Waals surface area contributed by atoms with Crippen molar-refractivity contribution < 1.29 is 5.11 Å². The Labute approximate surface area is 112 Å². The van der Waals surface area contributed by atoms with Crippen LogP contribution in [0, 0.1) is 0 Å². The standard InChI is InChI=1S/C14H18N4O/c15-10-13-14(17-7-6-16-13)18(8-9-19)11-12-4-2-1-3-5-12/h1-7,19H,8-11,15H2. The normalized spacial score (nSPS) is 10.4. The van der Waals surface area contributed by atoms with E-state index >= 15 is 0 Å². The lowest BCUT2D eigenvalue weighted by Crippen LogP contribution is -2.28. The van der Waals surface area contributed by atoms with E-state index in [0.717, 1.165) is 17.1 Å². The van der Waals surface area contributed by atoms with Gasteiger partial charge in [0.1, 0.15) is 0 Å². The van der Waals surface area contributed by atoms with Gasteiger partial charge in [0.2, 0.25) is 0 Å². The average molecular weight is 258 g/mol. The van der Waals surface area contributed by atoms with Gasteiger partial charge in [0, 0.05) is 32.0 Å². The van der Waals surface area contributed by atoms with Crippen LogP contribution in [0.1, 0.15) is 11.3 Å². The first kappa shape index (κ1) is 13.5. The molecule has 0 radical (unpaired) electrons. The number of benzene rings is 1. The van der Waals surface area contributed by atoms with Crippen LogP contribution in [-0.2, 0) is 13.1 Å². The van der Waals surface area contributed by atoms with Crippen LogP contribution in [0.3, 0.4) is 0 Å². The predicted molar refractivity (Wildman–Crippen MR) is 74.5 cm³/mol. The third kappa shape index (κ3) is 3.49. The van der Waals surface area contributed by atoms with Crippen molar-refractivity contribution in [2.24, 2.45) is 5.73 Å². The van der Waals surface area contributed by atoms with Crippen LogP contribution >= 0.6 is 0 Å². The highest BCUT2D eigenvalue weighted by Gasteiger charge is 2.12. The van der Waals surface area contributed by atoms with Crippen molar-refractivity contribution in [3.63, 3.8) is 0 Å².